The number of rotatable bonds is 4. The molecule has 1 aliphatic rings. The first kappa shape index (κ1) is 17.5. The van der Waals surface area contributed by atoms with E-state index in [9.17, 15) is 9.59 Å². The minimum atomic E-state index is -0.0825. The molecule has 132 valence electrons. The average molecular weight is 358 g/mol. The van der Waals surface area contributed by atoms with Crippen molar-refractivity contribution in [3.63, 3.8) is 0 Å². The van der Waals surface area contributed by atoms with Crippen LogP contribution in [0.1, 0.15) is 57.4 Å². The van der Waals surface area contributed by atoms with Gasteiger partial charge < -0.3 is 10.2 Å². The molecule has 0 aromatic carbocycles. The van der Waals surface area contributed by atoms with Gasteiger partial charge in [-0.3, -0.25) is 14.6 Å². The number of carbonyl (C=O) groups excluding carboxylic acids is 2. The molecule has 0 bridgehead atoms. The van der Waals surface area contributed by atoms with Gasteiger partial charge in [-0.2, -0.15) is 0 Å². The van der Waals surface area contributed by atoms with Crippen LogP contribution in [-0.4, -0.2) is 33.2 Å². The Labute approximate surface area is 151 Å². The van der Waals surface area contributed by atoms with Crippen molar-refractivity contribution < 1.29 is 9.59 Å². The maximum absolute atomic E-state index is 13.0. The lowest BCUT2D eigenvalue weighted by molar-refractivity contribution is -0.119. The van der Waals surface area contributed by atoms with Crippen molar-refractivity contribution in [2.24, 2.45) is 0 Å². The lowest BCUT2D eigenvalue weighted by Crippen LogP contribution is -2.30. The molecule has 7 heteroatoms. The fraction of sp³-hybridized carbons (Fsp3) is 0.444. The third kappa shape index (κ3) is 3.87. The topological polar surface area (TPSA) is 75.2 Å². The average Bonchev–Trinajstić information content (AvgIpc) is 3.19. The lowest BCUT2D eigenvalue weighted by atomic mass is 10.0. The third-order valence-corrected chi connectivity index (χ3v) is 5.42. The Morgan fingerprint density at radius 1 is 1.40 bits per heavy atom. The number of nitrogens with zero attached hydrogens (tertiary/aromatic N) is 3. The van der Waals surface area contributed by atoms with Crippen LogP contribution in [0, 0.1) is 13.8 Å². The second-order valence-electron chi connectivity index (χ2n) is 6.29. The van der Waals surface area contributed by atoms with Gasteiger partial charge in [-0.15, -0.1) is 11.3 Å². The predicted molar refractivity (Wildman–Crippen MR) is 96.4 cm³/mol. The maximum Gasteiger partial charge on any atom is 0.266 e. The summed E-state index contributed by atoms with van der Waals surface area (Å²) in [6, 6.07) is 3.99. The molecular weight excluding hydrogens is 336 g/mol. The Morgan fingerprint density at radius 3 is 2.88 bits per heavy atom. The number of pyridine rings is 1. The van der Waals surface area contributed by atoms with Gasteiger partial charge in [0.05, 0.1) is 29.0 Å². The summed E-state index contributed by atoms with van der Waals surface area (Å²) in [5.41, 5.74) is 2.68. The van der Waals surface area contributed by atoms with Crippen LogP contribution in [0.5, 0.6) is 0 Å². The molecule has 0 spiro atoms. The molecule has 0 aliphatic carbocycles. The summed E-state index contributed by atoms with van der Waals surface area (Å²) >= 11 is 1.46. The third-order valence-electron chi connectivity index (χ3n) is 4.36. The van der Waals surface area contributed by atoms with Crippen molar-refractivity contribution in [1.82, 2.24) is 20.2 Å². The van der Waals surface area contributed by atoms with Gasteiger partial charge in [0.15, 0.2) is 0 Å². The van der Waals surface area contributed by atoms with E-state index in [1.54, 1.807) is 6.20 Å². The van der Waals surface area contributed by atoms with E-state index >= 15 is 0 Å². The fourth-order valence-electron chi connectivity index (χ4n) is 3.23. The zero-order valence-corrected chi connectivity index (χ0v) is 15.5. The van der Waals surface area contributed by atoms with Gasteiger partial charge >= 0.3 is 0 Å². The summed E-state index contributed by atoms with van der Waals surface area (Å²) in [5, 5.41) is 3.68. The van der Waals surface area contributed by atoms with Gasteiger partial charge in [0.2, 0.25) is 5.91 Å². The van der Waals surface area contributed by atoms with Gasteiger partial charge in [-0.25, -0.2) is 4.98 Å². The molecule has 2 amide bonds. The van der Waals surface area contributed by atoms with Crippen LogP contribution in [0.2, 0.25) is 0 Å². The molecule has 1 aliphatic heterocycles. The van der Waals surface area contributed by atoms with E-state index in [0.29, 0.717) is 6.54 Å². The quantitative estimate of drug-likeness (QED) is 0.912. The molecular formula is C18H22N4O2S. The minimum Gasteiger partial charge on any atom is -0.351 e. The molecule has 3 heterocycles. The second kappa shape index (κ2) is 7.31. The van der Waals surface area contributed by atoms with Crippen LogP contribution < -0.4 is 5.32 Å². The Hall–Kier alpha value is -2.28. The maximum atomic E-state index is 13.0. The van der Waals surface area contributed by atoms with E-state index in [1.165, 1.54) is 18.3 Å². The first-order chi connectivity index (χ1) is 12.0. The van der Waals surface area contributed by atoms with E-state index in [4.69, 9.17) is 0 Å². The van der Waals surface area contributed by atoms with Crippen molar-refractivity contribution >= 4 is 23.2 Å². The number of hydrogen-bond donors (Lipinski definition) is 1. The summed E-state index contributed by atoms with van der Waals surface area (Å²) < 4.78 is 0. The smallest absolute Gasteiger partial charge is 0.266 e. The summed E-state index contributed by atoms with van der Waals surface area (Å²) in [6.45, 7) is 6.45. The number of likely N-dealkylation sites (tertiary alicyclic amines) is 1. The molecule has 6 nitrogen and oxygen atoms in total. The highest BCUT2D eigenvalue weighted by atomic mass is 32.1. The lowest BCUT2D eigenvalue weighted by Gasteiger charge is -2.25. The molecule has 1 fully saturated rings. The van der Waals surface area contributed by atoms with Gasteiger partial charge in [0, 0.05) is 19.7 Å². The second-order valence-corrected chi connectivity index (χ2v) is 7.50. The number of nitrogens with one attached hydrogen (secondary N) is 1. The molecule has 3 rings (SSSR count). The number of amides is 2. The van der Waals surface area contributed by atoms with Crippen LogP contribution in [0.25, 0.3) is 0 Å². The van der Waals surface area contributed by atoms with Crippen LogP contribution >= 0.6 is 11.3 Å². The number of hydrogen-bond acceptors (Lipinski definition) is 5. The summed E-state index contributed by atoms with van der Waals surface area (Å²) in [6.07, 6.45) is 3.66. The van der Waals surface area contributed by atoms with Crippen LogP contribution in [0.3, 0.4) is 0 Å². The van der Waals surface area contributed by atoms with Crippen molar-refractivity contribution in [2.75, 3.05) is 6.54 Å². The van der Waals surface area contributed by atoms with Crippen LogP contribution in [-0.2, 0) is 11.3 Å². The van der Waals surface area contributed by atoms with E-state index in [2.05, 4.69) is 15.3 Å². The Bertz CT molecular complexity index is 802. The number of carbonyl (C=O) groups is 2. The number of thiazole rings is 1. The van der Waals surface area contributed by atoms with Crippen molar-refractivity contribution in [2.45, 2.75) is 46.2 Å². The number of aryl methyl sites for hydroxylation is 2. The summed E-state index contributed by atoms with van der Waals surface area (Å²) in [7, 11) is 0. The molecule has 2 aromatic heterocycles. The molecule has 1 saturated heterocycles. The monoisotopic (exact) mass is 358 g/mol. The molecule has 2 aromatic rings. The zero-order valence-electron chi connectivity index (χ0n) is 14.7. The first-order valence-electron chi connectivity index (χ1n) is 8.40. The molecule has 1 N–H and O–H groups in total. The molecule has 0 saturated carbocycles. The Balaban J connectivity index is 1.82. The fourth-order valence-corrected chi connectivity index (χ4v) is 4.11. The normalized spacial score (nSPS) is 16.9. The van der Waals surface area contributed by atoms with Gasteiger partial charge in [-0.05, 0) is 44.4 Å². The largest absolute Gasteiger partial charge is 0.351 e. The van der Waals surface area contributed by atoms with E-state index in [1.807, 2.05) is 30.9 Å². The van der Waals surface area contributed by atoms with Gasteiger partial charge in [-0.1, -0.05) is 0 Å². The first-order valence-corrected chi connectivity index (χ1v) is 9.21. The molecule has 0 unspecified atom stereocenters. The van der Waals surface area contributed by atoms with Gasteiger partial charge in [0.1, 0.15) is 4.88 Å². The van der Waals surface area contributed by atoms with Gasteiger partial charge in [0.25, 0.3) is 5.91 Å². The number of aromatic nitrogens is 2. The van der Waals surface area contributed by atoms with Crippen LogP contribution in [0.4, 0.5) is 0 Å². The predicted octanol–water partition coefficient (Wildman–Crippen LogP) is 2.77. The van der Waals surface area contributed by atoms with E-state index in [-0.39, 0.29) is 17.9 Å². The van der Waals surface area contributed by atoms with E-state index in [0.717, 1.165) is 46.2 Å². The SMILES string of the molecule is CC(=O)NCc1cc([C@H]2CCCN2C(=O)c2sc(C)nc2C)ccn1. The summed E-state index contributed by atoms with van der Waals surface area (Å²) in [4.78, 5) is 35.4. The highest BCUT2D eigenvalue weighted by molar-refractivity contribution is 7.13. The van der Waals surface area contributed by atoms with Crippen molar-refractivity contribution in [1.29, 1.82) is 0 Å². The highest BCUT2D eigenvalue weighted by Gasteiger charge is 2.32. The summed E-state index contributed by atoms with van der Waals surface area (Å²) in [5.74, 6) is -0.0215. The van der Waals surface area contributed by atoms with Crippen LogP contribution in [0.15, 0.2) is 18.3 Å². The molecule has 25 heavy (non-hydrogen) atoms. The standard InChI is InChI=1S/C18H22N4O2S/c1-11-17(25-13(3)21-11)18(24)22-8-4-5-16(22)14-6-7-19-15(9-14)10-20-12(2)23/h6-7,9,16H,4-5,8,10H2,1-3H3,(H,20,23)/t16-/m1/s1. The Kier molecular flexibility index (Phi) is 5.13. The van der Waals surface area contributed by atoms with Crippen molar-refractivity contribution in [3.8, 4) is 0 Å². The van der Waals surface area contributed by atoms with Crippen molar-refractivity contribution in [3.05, 3.63) is 45.2 Å². The minimum absolute atomic E-state index is 0.0494. The van der Waals surface area contributed by atoms with E-state index < -0.39 is 0 Å². The zero-order chi connectivity index (χ0) is 18.0. The Morgan fingerprint density at radius 2 is 2.20 bits per heavy atom. The molecule has 1 atom stereocenters. The highest BCUT2D eigenvalue weighted by Crippen LogP contribution is 2.34. The molecule has 0 radical (unpaired) electrons.